The van der Waals surface area contributed by atoms with E-state index in [0.717, 1.165) is 16.9 Å². The molecule has 1 saturated heterocycles. The fraction of sp³-hybridized carbons (Fsp3) is 0.238. The van der Waals surface area contributed by atoms with Gasteiger partial charge in [-0.3, -0.25) is 14.5 Å². The number of rotatable bonds is 7. The predicted octanol–water partition coefficient (Wildman–Crippen LogP) is 0.708. The van der Waals surface area contributed by atoms with Crippen LogP contribution in [0.4, 0.5) is 5.13 Å². The molecule has 3 aromatic rings. The van der Waals surface area contributed by atoms with Crippen LogP contribution in [-0.2, 0) is 25.8 Å². The van der Waals surface area contributed by atoms with Crippen molar-refractivity contribution in [3.63, 3.8) is 0 Å². The summed E-state index contributed by atoms with van der Waals surface area (Å²) in [6.07, 6.45) is 7.25. The highest BCUT2D eigenvalue weighted by Crippen LogP contribution is 2.40. The number of carbonyl (C=O) groups is 3. The Labute approximate surface area is 217 Å². The van der Waals surface area contributed by atoms with Gasteiger partial charge < -0.3 is 25.4 Å². The number of halogens is 1. The Morgan fingerprint density at radius 2 is 2.25 bits per heavy atom. The summed E-state index contributed by atoms with van der Waals surface area (Å²) in [6, 6.07) is 0.837. The zero-order chi connectivity index (χ0) is 25.6. The second-order valence-electron chi connectivity index (χ2n) is 7.87. The number of nitrogens with zero attached hydrogens (tertiary/aromatic N) is 5. The second-order valence-corrected chi connectivity index (χ2v) is 10.3. The first-order chi connectivity index (χ1) is 17.3. The highest BCUT2D eigenvalue weighted by molar-refractivity contribution is 8.00. The zero-order valence-corrected chi connectivity index (χ0v) is 21.0. The topological polar surface area (TPSA) is 156 Å². The minimum absolute atomic E-state index is 0.0823. The van der Waals surface area contributed by atoms with Gasteiger partial charge in [0.2, 0.25) is 0 Å². The number of carbonyl (C=O) groups excluding carboxylic acids is 2. The highest BCUT2D eigenvalue weighted by atomic mass is 35.5. The molecule has 2 aliphatic rings. The number of β-lactam (4-membered cyclic amide) rings is 1. The first-order valence-electron chi connectivity index (χ1n) is 10.5. The smallest absolute Gasteiger partial charge is 0.352 e. The Balaban J connectivity index is 1.36. The number of carboxylic acid groups (broad SMARTS) is 1. The SMILES string of the molecule is CO/N=C(\C(=O)N[C@@H]1C(=O)N2C(C(=O)O)=C(C[n+]3ccn4ccc(Cl)c4c3)CS[C@H]12)c1csc(N)n1. The lowest BCUT2D eigenvalue weighted by Gasteiger charge is -2.49. The van der Waals surface area contributed by atoms with E-state index in [-0.39, 0.29) is 28.8 Å². The molecule has 0 bridgehead atoms. The van der Waals surface area contributed by atoms with Gasteiger partial charge in [-0.1, -0.05) is 16.8 Å². The fourth-order valence-corrected chi connectivity index (χ4v) is 6.16. The van der Waals surface area contributed by atoms with Crippen LogP contribution in [0.2, 0.25) is 5.02 Å². The number of oxime groups is 1. The summed E-state index contributed by atoms with van der Waals surface area (Å²) in [5, 5.41) is 18.1. The molecule has 3 aromatic heterocycles. The van der Waals surface area contributed by atoms with E-state index in [1.54, 1.807) is 17.6 Å². The van der Waals surface area contributed by atoms with Crippen LogP contribution in [0.5, 0.6) is 0 Å². The summed E-state index contributed by atoms with van der Waals surface area (Å²) >= 11 is 8.72. The average molecular weight is 549 g/mol. The summed E-state index contributed by atoms with van der Waals surface area (Å²) < 4.78 is 3.67. The van der Waals surface area contributed by atoms with Crippen molar-refractivity contribution in [1.29, 1.82) is 0 Å². The third kappa shape index (κ3) is 4.16. The lowest BCUT2D eigenvalue weighted by atomic mass is 10.0. The zero-order valence-electron chi connectivity index (χ0n) is 18.6. The van der Waals surface area contributed by atoms with E-state index in [2.05, 4.69) is 15.5 Å². The number of nitrogens with one attached hydrogen (secondary N) is 1. The summed E-state index contributed by atoms with van der Waals surface area (Å²) in [7, 11) is 1.28. The number of hydrogen-bond donors (Lipinski definition) is 3. The van der Waals surface area contributed by atoms with Crippen LogP contribution >= 0.6 is 34.7 Å². The van der Waals surface area contributed by atoms with E-state index in [9.17, 15) is 19.5 Å². The molecule has 0 aliphatic carbocycles. The molecular weight excluding hydrogens is 530 g/mol. The molecule has 2 amide bonds. The molecule has 0 spiro atoms. The molecule has 0 radical (unpaired) electrons. The van der Waals surface area contributed by atoms with Gasteiger partial charge in [0.05, 0.1) is 11.2 Å². The molecule has 2 atom stereocenters. The summed E-state index contributed by atoms with van der Waals surface area (Å²) in [6.45, 7) is 0.260. The molecule has 12 nitrogen and oxygen atoms in total. The monoisotopic (exact) mass is 548 g/mol. The van der Waals surface area contributed by atoms with Crippen LogP contribution in [0.3, 0.4) is 0 Å². The van der Waals surface area contributed by atoms with Crippen molar-refractivity contribution in [3.8, 4) is 0 Å². The lowest BCUT2D eigenvalue weighted by molar-refractivity contribution is -0.688. The molecule has 0 saturated carbocycles. The molecule has 36 heavy (non-hydrogen) atoms. The molecule has 5 rings (SSSR count). The van der Waals surface area contributed by atoms with Crippen molar-refractivity contribution in [1.82, 2.24) is 19.6 Å². The molecule has 2 aliphatic heterocycles. The van der Waals surface area contributed by atoms with Gasteiger partial charge >= 0.3 is 5.97 Å². The van der Waals surface area contributed by atoms with Gasteiger partial charge in [0.1, 0.15) is 35.4 Å². The van der Waals surface area contributed by atoms with Gasteiger partial charge in [0, 0.05) is 22.9 Å². The first kappa shape index (κ1) is 24.1. The Morgan fingerprint density at radius 1 is 1.44 bits per heavy atom. The van der Waals surface area contributed by atoms with Crippen LogP contribution < -0.4 is 15.6 Å². The maximum absolute atomic E-state index is 13.0. The Morgan fingerprint density at radius 3 is 2.94 bits per heavy atom. The Bertz CT molecular complexity index is 1470. The molecule has 1 fully saturated rings. The first-order valence-corrected chi connectivity index (χ1v) is 12.8. The van der Waals surface area contributed by atoms with Crippen LogP contribution in [0.15, 0.2) is 52.7 Å². The largest absolute Gasteiger partial charge is 0.477 e. The number of nitrogen functional groups attached to an aromatic ring is 1. The Kier molecular flexibility index (Phi) is 6.32. The summed E-state index contributed by atoms with van der Waals surface area (Å²) in [5.41, 5.74) is 6.98. The van der Waals surface area contributed by atoms with E-state index in [0.29, 0.717) is 16.3 Å². The number of thiazole rings is 1. The summed E-state index contributed by atoms with van der Waals surface area (Å²) in [5.74, 6) is -2.06. The second kappa shape index (κ2) is 9.44. The fourth-order valence-electron chi connectivity index (χ4n) is 4.08. The number of hydrogen-bond acceptors (Lipinski definition) is 9. The molecule has 4 N–H and O–H groups in total. The third-order valence-electron chi connectivity index (χ3n) is 5.68. The summed E-state index contributed by atoms with van der Waals surface area (Å²) in [4.78, 5) is 48.1. The molecular formula is C21H19ClN7O5S2+. The minimum Gasteiger partial charge on any atom is -0.477 e. The normalized spacial score (nSPS) is 19.8. The van der Waals surface area contributed by atoms with Crippen LogP contribution in [0, 0.1) is 0 Å². The van der Waals surface area contributed by atoms with Crippen LogP contribution in [0.1, 0.15) is 5.69 Å². The number of aromatic nitrogens is 3. The van der Waals surface area contributed by atoms with Gasteiger partial charge in [-0.15, -0.1) is 23.1 Å². The number of fused-ring (bicyclic) bond motifs is 2. The maximum Gasteiger partial charge on any atom is 0.352 e. The number of amides is 2. The van der Waals surface area contributed by atoms with Crippen molar-refractivity contribution in [3.05, 3.63) is 58.2 Å². The highest BCUT2D eigenvalue weighted by Gasteiger charge is 2.54. The molecule has 5 heterocycles. The molecule has 0 unspecified atom stereocenters. The van der Waals surface area contributed by atoms with Crippen molar-refractivity contribution in [2.75, 3.05) is 18.6 Å². The number of anilines is 1. The average Bonchev–Trinajstić information content (AvgIpc) is 3.45. The standard InChI is InChI=1S/C21H18ClN7O5S2/c1-34-26-14(12-9-36-21(23)24-12)17(30)25-15-18(31)29-16(20(32)33)10(8-35-19(15)29)6-27-4-5-28-3-2-11(22)13(28)7-27/h2-5,7,9,15,19H,6,8H2,1H3,(H3-,23,24,25,30,32,33)/p+1/b26-14-/t15-,19-/m1/s1. The number of thioether (sulfide) groups is 1. The van der Waals surface area contributed by atoms with Crippen molar-refractivity contribution in [2.24, 2.45) is 5.16 Å². The van der Waals surface area contributed by atoms with Gasteiger partial charge in [-0.05, 0) is 6.07 Å². The maximum atomic E-state index is 13.0. The van der Waals surface area contributed by atoms with Gasteiger partial charge in [0.15, 0.2) is 29.8 Å². The van der Waals surface area contributed by atoms with Crippen molar-refractivity contribution < 1.29 is 28.9 Å². The molecule has 186 valence electrons. The number of carboxylic acids is 1. The van der Waals surface area contributed by atoms with E-state index in [1.165, 1.54) is 23.8 Å². The quantitative estimate of drug-likeness (QED) is 0.169. The van der Waals surface area contributed by atoms with Crippen molar-refractivity contribution >= 4 is 68.8 Å². The number of nitrogens with two attached hydrogens (primary N) is 1. The number of aliphatic carboxylic acids is 1. The van der Waals surface area contributed by atoms with Gasteiger partial charge in [-0.2, -0.15) is 4.57 Å². The molecule has 0 aromatic carbocycles. The van der Waals surface area contributed by atoms with Crippen molar-refractivity contribution in [2.45, 2.75) is 18.0 Å². The lowest BCUT2D eigenvalue weighted by Crippen LogP contribution is -2.71. The van der Waals surface area contributed by atoms with Crippen LogP contribution in [-0.4, -0.2) is 67.2 Å². The van der Waals surface area contributed by atoms with Gasteiger partial charge in [-0.25, -0.2) is 9.78 Å². The minimum atomic E-state index is -1.21. The van der Waals surface area contributed by atoms with Crippen LogP contribution in [0.25, 0.3) is 5.52 Å². The predicted molar refractivity (Wildman–Crippen MR) is 132 cm³/mol. The third-order valence-corrected chi connectivity index (χ3v) is 8.02. The van der Waals surface area contributed by atoms with E-state index < -0.39 is 29.2 Å². The van der Waals surface area contributed by atoms with E-state index >= 15 is 0 Å². The van der Waals surface area contributed by atoms with E-state index in [4.69, 9.17) is 22.2 Å². The van der Waals surface area contributed by atoms with Gasteiger partial charge in [0.25, 0.3) is 11.8 Å². The molecule has 15 heteroatoms. The van der Waals surface area contributed by atoms with E-state index in [1.807, 2.05) is 27.6 Å². The Hall–Kier alpha value is -3.62.